The predicted molar refractivity (Wildman–Crippen MR) is 165 cm³/mol. The summed E-state index contributed by atoms with van der Waals surface area (Å²) in [5, 5.41) is 2.77. The van der Waals surface area contributed by atoms with E-state index in [1.807, 2.05) is 33.8 Å². The minimum absolute atomic E-state index is 0.0338. The fraction of sp³-hybridized carbons (Fsp3) is 0.667. The molecule has 2 heterocycles. The van der Waals surface area contributed by atoms with Crippen molar-refractivity contribution < 1.29 is 28.2 Å². The number of rotatable bonds is 13. The van der Waals surface area contributed by atoms with E-state index in [2.05, 4.69) is 15.3 Å². The zero-order valence-electron chi connectivity index (χ0n) is 26.8. The summed E-state index contributed by atoms with van der Waals surface area (Å²) in [4.78, 5) is 60.5. The average Bonchev–Trinajstić information content (AvgIpc) is 3.45. The summed E-state index contributed by atoms with van der Waals surface area (Å²) in [5.74, 6) is 0.368. The van der Waals surface area contributed by atoms with E-state index in [0.717, 1.165) is 32.1 Å². The number of ether oxygens (including phenoxy) is 2. The lowest BCUT2D eigenvalue weighted by molar-refractivity contribution is -0.141. The summed E-state index contributed by atoms with van der Waals surface area (Å²) >= 11 is 0. The van der Waals surface area contributed by atoms with Gasteiger partial charge in [0.1, 0.15) is 23.1 Å². The maximum Gasteiger partial charge on any atom is 0.408 e. The largest absolute Gasteiger partial charge is 0.497 e. The molecular formula is C33H47FN4O6. The molecule has 2 fully saturated rings. The van der Waals surface area contributed by atoms with Crippen molar-refractivity contribution >= 4 is 28.8 Å². The second kappa shape index (κ2) is 13.6. The number of Topliss-reactive ketones (excluding diaryl/α,β-unsaturated/α-hetero) is 1. The number of amides is 2. The Morgan fingerprint density at radius 2 is 1.98 bits per heavy atom. The Morgan fingerprint density at radius 1 is 1.23 bits per heavy atom. The first-order valence-electron chi connectivity index (χ1n) is 15.7. The van der Waals surface area contributed by atoms with Crippen LogP contribution in [0, 0.1) is 17.3 Å². The molecule has 0 unspecified atom stereocenters. The highest BCUT2D eigenvalue weighted by Gasteiger charge is 2.57. The van der Waals surface area contributed by atoms with Crippen LogP contribution in [-0.4, -0.2) is 70.7 Å². The van der Waals surface area contributed by atoms with Crippen molar-refractivity contribution in [2.24, 2.45) is 17.3 Å². The SMILES string of the molecule is COc1ccc2nc(CCCCC[C@@H]3C[C@@]3(CCF)OC(=O)N[C@H](C(=O)N3CC[C@@H](C)[C@H]3C(C)=O)C(C)(C)C)c(=O)[nH]c2c1. The predicted octanol–water partition coefficient (Wildman–Crippen LogP) is 5.12. The van der Waals surface area contributed by atoms with Gasteiger partial charge in [-0.2, -0.15) is 0 Å². The molecule has 1 aliphatic heterocycles. The Morgan fingerprint density at radius 3 is 2.64 bits per heavy atom. The van der Waals surface area contributed by atoms with Crippen molar-refractivity contribution in [2.45, 2.75) is 104 Å². The van der Waals surface area contributed by atoms with Crippen molar-refractivity contribution in [3.8, 4) is 5.75 Å². The molecule has 1 aliphatic carbocycles. The number of nitrogens with zero attached hydrogens (tertiary/aromatic N) is 2. The fourth-order valence-corrected chi connectivity index (χ4v) is 6.59. The number of likely N-dealkylation sites (tertiary alicyclic amines) is 1. The van der Waals surface area contributed by atoms with Crippen LogP contribution in [0.25, 0.3) is 11.0 Å². The van der Waals surface area contributed by atoms with Crippen LogP contribution in [0.3, 0.4) is 0 Å². The van der Waals surface area contributed by atoms with Gasteiger partial charge in [0, 0.05) is 24.9 Å². The Kier molecular flexibility index (Phi) is 10.4. The van der Waals surface area contributed by atoms with E-state index in [4.69, 9.17) is 9.47 Å². The second-order valence-corrected chi connectivity index (χ2v) is 13.6. The van der Waals surface area contributed by atoms with Gasteiger partial charge in [0.05, 0.1) is 30.9 Å². The van der Waals surface area contributed by atoms with E-state index in [0.29, 0.717) is 41.9 Å². The van der Waals surface area contributed by atoms with Crippen molar-refractivity contribution in [3.63, 3.8) is 0 Å². The highest BCUT2D eigenvalue weighted by Crippen LogP contribution is 2.52. The summed E-state index contributed by atoms with van der Waals surface area (Å²) in [5.41, 5.74) is 0.0952. The van der Waals surface area contributed by atoms with Crippen LogP contribution in [0.15, 0.2) is 23.0 Å². The molecule has 1 aromatic heterocycles. The van der Waals surface area contributed by atoms with Gasteiger partial charge in [0.2, 0.25) is 5.91 Å². The number of alkyl halides is 1. The number of ketones is 1. The molecule has 2 N–H and O–H groups in total. The molecule has 2 amide bonds. The van der Waals surface area contributed by atoms with E-state index in [1.165, 1.54) is 6.92 Å². The number of unbranched alkanes of at least 4 members (excludes halogenated alkanes) is 2. The number of aromatic amines is 1. The number of methoxy groups -OCH3 is 1. The quantitative estimate of drug-likeness (QED) is 0.300. The summed E-state index contributed by atoms with van der Waals surface area (Å²) in [7, 11) is 1.57. The summed E-state index contributed by atoms with van der Waals surface area (Å²) in [6.07, 6.45) is 4.44. The van der Waals surface area contributed by atoms with E-state index in [1.54, 1.807) is 24.1 Å². The molecule has 1 saturated carbocycles. The molecule has 0 radical (unpaired) electrons. The number of nitrogens with one attached hydrogen (secondary N) is 2. The van der Waals surface area contributed by atoms with Crippen LogP contribution in [0.4, 0.5) is 9.18 Å². The summed E-state index contributed by atoms with van der Waals surface area (Å²) in [6, 6.07) is 3.97. The average molecular weight is 615 g/mol. The van der Waals surface area contributed by atoms with Gasteiger partial charge < -0.3 is 24.7 Å². The van der Waals surface area contributed by atoms with E-state index in [9.17, 15) is 23.6 Å². The number of halogens is 1. The van der Waals surface area contributed by atoms with Crippen LogP contribution in [0.2, 0.25) is 0 Å². The van der Waals surface area contributed by atoms with Gasteiger partial charge in [-0.15, -0.1) is 0 Å². The topological polar surface area (TPSA) is 131 Å². The van der Waals surface area contributed by atoms with Gasteiger partial charge in [-0.05, 0) is 62.5 Å². The monoisotopic (exact) mass is 614 g/mol. The zero-order chi connectivity index (χ0) is 32.2. The standard InChI is InChI=1S/C33H47FN4O6/c1-20-14-17-38(27(20)21(2)39)30(41)28(32(3,4)5)37-31(42)44-33(15-16-34)19-22(33)10-8-7-9-11-25-29(40)36-26-18-23(43-6)12-13-24(26)35-25/h12-13,18,20,22,27-28H,7-11,14-17,19H2,1-6H3,(H,36,40)(H,37,42)/t20-,22-,27+,28-,33-/m1/s1. The van der Waals surface area contributed by atoms with Crippen LogP contribution < -0.4 is 15.6 Å². The summed E-state index contributed by atoms with van der Waals surface area (Å²) < 4.78 is 24.6. The lowest BCUT2D eigenvalue weighted by Gasteiger charge is -2.35. The number of benzene rings is 1. The third kappa shape index (κ3) is 7.58. The minimum Gasteiger partial charge on any atom is -0.497 e. The van der Waals surface area contributed by atoms with Gasteiger partial charge >= 0.3 is 6.09 Å². The molecule has 44 heavy (non-hydrogen) atoms. The van der Waals surface area contributed by atoms with Gasteiger partial charge in [0.15, 0.2) is 5.78 Å². The second-order valence-electron chi connectivity index (χ2n) is 13.6. The maximum absolute atomic E-state index is 13.6. The lowest BCUT2D eigenvalue weighted by Crippen LogP contribution is -2.57. The normalized spacial score (nSPS) is 23.8. The molecule has 10 nitrogen and oxygen atoms in total. The molecular weight excluding hydrogens is 567 g/mol. The highest BCUT2D eigenvalue weighted by molar-refractivity contribution is 5.92. The molecule has 0 bridgehead atoms. The third-order valence-corrected chi connectivity index (χ3v) is 9.20. The number of H-pyrrole nitrogens is 1. The first kappa shape index (κ1) is 33.4. The Labute approximate surface area is 258 Å². The van der Waals surface area contributed by atoms with Crippen LogP contribution in [0.1, 0.15) is 85.3 Å². The first-order valence-corrected chi connectivity index (χ1v) is 15.7. The van der Waals surface area contributed by atoms with Crippen molar-refractivity contribution in [2.75, 3.05) is 20.3 Å². The molecule has 4 rings (SSSR count). The number of aryl methyl sites for hydroxylation is 1. The van der Waals surface area contributed by atoms with Gasteiger partial charge in [-0.1, -0.05) is 40.5 Å². The Balaban J connectivity index is 1.29. The minimum atomic E-state index is -0.893. The maximum atomic E-state index is 13.6. The first-order chi connectivity index (χ1) is 20.8. The number of carbonyl (C=O) groups excluding carboxylic acids is 3. The van der Waals surface area contributed by atoms with Crippen molar-refractivity contribution in [3.05, 3.63) is 34.2 Å². The van der Waals surface area contributed by atoms with Gasteiger partial charge in [-0.3, -0.25) is 18.8 Å². The number of hydrogen-bond donors (Lipinski definition) is 2. The van der Waals surface area contributed by atoms with Crippen LogP contribution in [0.5, 0.6) is 5.75 Å². The molecule has 2 aliphatic rings. The molecule has 0 spiro atoms. The molecule has 11 heteroatoms. The van der Waals surface area contributed by atoms with E-state index < -0.39 is 35.9 Å². The number of aromatic nitrogens is 2. The van der Waals surface area contributed by atoms with Gasteiger partial charge in [0.25, 0.3) is 5.56 Å². The fourth-order valence-electron chi connectivity index (χ4n) is 6.59. The third-order valence-electron chi connectivity index (χ3n) is 9.20. The number of carbonyl (C=O) groups is 3. The van der Waals surface area contributed by atoms with Crippen LogP contribution in [-0.2, 0) is 20.7 Å². The van der Waals surface area contributed by atoms with Crippen molar-refractivity contribution in [1.29, 1.82) is 0 Å². The smallest absolute Gasteiger partial charge is 0.408 e. The molecule has 1 saturated heterocycles. The Hall–Kier alpha value is -3.50. The Bertz CT molecular complexity index is 1420. The van der Waals surface area contributed by atoms with Crippen LogP contribution >= 0.6 is 0 Å². The molecule has 1 aromatic carbocycles. The van der Waals surface area contributed by atoms with Crippen molar-refractivity contribution in [1.82, 2.24) is 20.2 Å². The number of alkyl carbamates (subject to hydrolysis) is 1. The molecule has 242 valence electrons. The molecule has 2 aromatic rings. The number of fused-ring (bicyclic) bond motifs is 1. The zero-order valence-corrected chi connectivity index (χ0v) is 26.8. The van der Waals surface area contributed by atoms with E-state index in [-0.39, 0.29) is 35.5 Å². The highest BCUT2D eigenvalue weighted by atomic mass is 19.1. The lowest BCUT2D eigenvalue weighted by atomic mass is 9.85. The van der Waals surface area contributed by atoms with E-state index >= 15 is 0 Å². The summed E-state index contributed by atoms with van der Waals surface area (Å²) in [6.45, 7) is 8.86. The molecule has 5 atom stereocenters. The van der Waals surface area contributed by atoms with Gasteiger partial charge in [-0.25, -0.2) is 9.78 Å². The number of hydrogen-bond acceptors (Lipinski definition) is 7.